The van der Waals surface area contributed by atoms with Gasteiger partial charge in [-0.3, -0.25) is 14.4 Å². The van der Waals surface area contributed by atoms with Gasteiger partial charge in [0.25, 0.3) is 5.91 Å². The van der Waals surface area contributed by atoms with Gasteiger partial charge in [-0.1, -0.05) is 22.5 Å². The van der Waals surface area contributed by atoms with Crippen LogP contribution in [0.4, 0.5) is 11.4 Å². The topological polar surface area (TPSA) is 87.3 Å². The maximum absolute atomic E-state index is 12.5. The molecular weight excluding hydrogens is 410 g/mol. The summed E-state index contributed by atoms with van der Waals surface area (Å²) in [4.78, 5) is 36.2. The lowest BCUT2D eigenvalue weighted by atomic mass is 10.1. The Morgan fingerprint density at radius 3 is 2.63 bits per heavy atom. The van der Waals surface area contributed by atoms with Gasteiger partial charge in [-0.25, -0.2) is 0 Å². The van der Waals surface area contributed by atoms with E-state index in [1.807, 2.05) is 18.2 Å². The third-order valence-corrected chi connectivity index (χ3v) is 4.74. The van der Waals surface area contributed by atoms with E-state index < -0.39 is 6.04 Å². The Bertz CT molecular complexity index is 909. The van der Waals surface area contributed by atoms with Crippen LogP contribution in [0.15, 0.2) is 59.6 Å². The molecule has 3 rings (SSSR count). The van der Waals surface area contributed by atoms with Crippen LogP contribution in [0.1, 0.15) is 22.3 Å². The first-order chi connectivity index (χ1) is 13.0. The van der Waals surface area contributed by atoms with Gasteiger partial charge in [0.05, 0.1) is 0 Å². The quantitative estimate of drug-likeness (QED) is 0.654. The molecule has 0 saturated carbocycles. The number of nitrogens with one attached hydrogen (secondary N) is 3. The molecule has 0 radical (unpaired) electrons. The van der Waals surface area contributed by atoms with Gasteiger partial charge in [-0.15, -0.1) is 0 Å². The average Bonchev–Trinajstić information content (AvgIpc) is 2.81. The fourth-order valence-electron chi connectivity index (χ4n) is 2.82. The zero-order valence-electron chi connectivity index (χ0n) is 14.4. The zero-order chi connectivity index (χ0) is 19.4. The summed E-state index contributed by atoms with van der Waals surface area (Å²) in [6.45, 7) is 3.39. The number of fused-ring (bicyclic) bond motifs is 1. The molecular formula is C20H18BrN3O3. The van der Waals surface area contributed by atoms with Crippen molar-refractivity contribution in [2.75, 3.05) is 10.6 Å². The number of halogens is 1. The molecule has 2 aromatic rings. The molecule has 3 N–H and O–H groups in total. The molecule has 0 aliphatic carbocycles. The zero-order valence-corrected chi connectivity index (χ0v) is 16.0. The molecule has 0 saturated heterocycles. The van der Waals surface area contributed by atoms with Gasteiger partial charge in [0, 0.05) is 21.4 Å². The Morgan fingerprint density at radius 2 is 1.93 bits per heavy atom. The fraction of sp³-hybridized carbons (Fsp3) is 0.150. The van der Waals surface area contributed by atoms with Crippen molar-refractivity contribution in [3.8, 4) is 0 Å². The number of rotatable bonds is 4. The van der Waals surface area contributed by atoms with Gasteiger partial charge in [0.2, 0.25) is 11.8 Å². The third-order valence-electron chi connectivity index (χ3n) is 4.25. The van der Waals surface area contributed by atoms with Gasteiger partial charge in [0.15, 0.2) is 0 Å². The molecule has 0 bridgehead atoms. The molecule has 0 aromatic heterocycles. The van der Waals surface area contributed by atoms with Crippen molar-refractivity contribution in [3.05, 3.63) is 70.7 Å². The van der Waals surface area contributed by atoms with Crippen molar-refractivity contribution in [1.29, 1.82) is 0 Å². The number of benzene rings is 2. The molecule has 6 nitrogen and oxygen atoms in total. The van der Waals surface area contributed by atoms with Crippen LogP contribution in [0.3, 0.4) is 0 Å². The number of hydrogen-bond acceptors (Lipinski definition) is 3. The molecule has 3 amide bonds. The second kappa shape index (κ2) is 8.18. The van der Waals surface area contributed by atoms with E-state index in [1.54, 1.807) is 24.3 Å². The monoisotopic (exact) mass is 427 g/mol. The lowest BCUT2D eigenvalue weighted by Crippen LogP contribution is -2.43. The third kappa shape index (κ3) is 4.62. The summed E-state index contributed by atoms with van der Waals surface area (Å²) in [6.07, 6.45) is 2.35. The van der Waals surface area contributed by atoms with Crippen molar-refractivity contribution < 1.29 is 14.4 Å². The van der Waals surface area contributed by atoms with Crippen LogP contribution in [0.2, 0.25) is 0 Å². The van der Waals surface area contributed by atoms with E-state index in [4.69, 9.17) is 0 Å². The number of carbonyl (C=O) groups excluding carboxylic acids is 3. The molecule has 7 heteroatoms. The van der Waals surface area contributed by atoms with Crippen LogP contribution in [0.25, 0.3) is 0 Å². The number of hydrogen-bond donors (Lipinski definition) is 3. The van der Waals surface area contributed by atoms with E-state index in [9.17, 15) is 14.4 Å². The lowest BCUT2D eigenvalue weighted by Gasteiger charge is -2.15. The Hall–Kier alpha value is -2.93. The number of carbonyl (C=O) groups is 3. The Balaban J connectivity index is 1.66. The summed E-state index contributed by atoms with van der Waals surface area (Å²) in [5.41, 5.74) is 2.76. The maximum atomic E-state index is 12.5. The second-order valence-corrected chi connectivity index (χ2v) is 7.04. The normalized spacial score (nSPS) is 15.7. The molecule has 1 atom stereocenters. The molecule has 0 spiro atoms. The molecule has 0 fully saturated rings. The fourth-order valence-corrected chi connectivity index (χ4v) is 3.23. The minimum atomic E-state index is -0.621. The molecule has 2 aromatic carbocycles. The van der Waals surface area contributed by atoms with E-state index in [-0.39, 0.29) is 17.7 Å². The Morgan fingerprint density at radius 1 is 1.19 bits per heavy atom. The minimum Gasteiger partial charge on any atom is -0.340 e. The van der Waals surface area contributed by atoms with Gasteiger partial charge >= 0.3 is 0 Å². The van der Waals surface area contributed by atoms with Gasteiger partial charge in [0.1, 0.15) is 6.04 Å². The molecule has 1 heterocycles. The predicted octanol–water partition coefficient (Wildman–Crippen LogP) is 3.26. The van der Waals surface area contributed by atoms with E-state index >= 15 is 0 Å². The molecule has 0 unspecified atom stereocenters. The minimum absolute atomic E-state index is 0.237. The van der Waals surface area contributed by atoms with Crippen LogP contribution >= 0.6 is 15.9 Å². The number of anilines is 2. The van der Waals surface area contributed by atoms with Crippen molar-refractivity contribution >= 4 is 45.0 Å². The summed E-state index contributed by atoms with van der Waals surface area (Å²) < 4.78 is 0.946. The summed E-state index contributed by atoms with van der Waals surface area (Å²) in [5.74, 6) is -0.906. The lowest BCUT2D eigenvalue weighted by molar-refractivity contribution is -0.118. The first kappa shape index (κ1) is 18.8. The Kier molecular flexibility index (Phi) is 5.71. The van der Waals surface area contributed by atoms with Crippen molar-refractivity contribution in [2.45, 2.75) is 18.9 Å². The molecule has 27 heavy (non-hydrogen) atoms. The van der Waals surface area contributed by atoms with Crippen LogP contribution in [-0.4, -0.2) is 23.8 Å². The first-order valence-electron chi connectivity index (χ1n) is 8.40. The largest absolute Gasteiger partial charge is 0.340 e. The first-order valence-corrected chi connectivity index (χ1v) is 9.19. The average molecular weight is 428 g/mol. The number of amides is 3. The van der Waals surface area contributed by atoms with E-state index in [1.165, 1.54) is 6.08 Å². The predicted molar refractivity (Wildman–Crippen MR) is 108 cm³/mol. The van der Waals surface area contributed by atoms with Crippen LogP contribution in [-0.2, 0) is 16.0 Å². The van der Waals surface area contributed by atoms with Crippen molar-refractivity contribution in [1.82, 2.24) is 5.32 Å². The maximum Gasteiger partial charge on any atom is 0.251 e. The summed E-state index contributed by atoms with van der Waals surface area (Å²) in [6, 6.07) is 11.5. The summed E-state index contributed by atoms with van der Waals surface area (Å²) in [7, 11) is 0. The van der Waals surface area contributed by atoms with Gasteiger partial charge < -0.3 is 16.0 Å². The highest BCUT2D eigenvalue weighted by Crippen LogP contribution is 2.25. The van der Waals surface area contributed by atoms with Crippen LogP contribution in [0.5, 0.6) is 0 Å². The van der Waals surface area contributed by atoms with Crippen molar-refractivity contribution in [2.24, 2.45) is 0 Å². The highest BCUT2D eigenvalue weighted by Gasteiger charge is 2.25. The van der Waals surface area contributed by atoms with E-state index in [0.29, 0.717) is 24.1 Å². The SMILES string of the molecule is C=CC(=O)Nc1ccc(C(=O)N[C@H]2CCc3cc(Br)ccc3NC2=O)cc1. The smallest absolute Gasteiger partial charge is 0.251 e. The molecule has 1 aliphatic rings. The van der Waals surface area contributed by atoms with Crippen LogP contribution < -0.4 is 16.0 Å². The highest BCUT2D eigenvalue weighted by molar-refractivity contribution is 9.10. The van der Waals surface area contributed by atoms with Gasteiger partial charge in [-0.05, 0) is 66.9 Å². The van der Waals surface area contributed by atoms with Crippen molar-refractivity contribution in [3.63, 3.8) is 0 Å². The van der Waals surface area contributed by atoms with Crippen LogP contribution in [0, 0.1) is 0 Å². The molecule has 1 aliphatic heterocycles. The van der Waals surface area contributed by atoms with E-state index in [0.717, 1.165) is 15.7 Å². The molecule has 138 valence electrons. The highest BCUT2D eigenvalue weighted by atomic mass is 79.9. The number of aryl methyl sites for hydroxylation is 1. The summed E-state index contributed by atoms with van der Waals surface area (Å²) in [5, 5.41) is 8.25. The standard InChI is InChI=1S/C20H18BrN3O3/c1-2-18(25)22-15-7-3-12(4-8-15)19(26)24-17-9-5-13-11-14(21)6-10-16(13)23-20(17)27/h2-4,6-8,10-11,17H,1,5,9H2,(H,22,25)(H,23,27)(H,24,26)/t17-/m0/s1. The van der Waals surface area contributed by atoms with E-state index in [2.05, 4.69) is 38.5 Å². The second-order valence-electron chi connectivity index (χ2n) is 6.13. The Labute approximate surface area is 165 Å². The summed E-state index contributed by atoms with van der Waals surface area (Å²) >= 11 is 3.43. The van der Waals surface area contributed by atoms with Gasteiger partial charge in [-0.2, -0.15) is 0 Å².